The van der Waals surface area contributed by atoms with Crippen molar-refractivity contribution < 1.29 is 17.6 Å². The zero-order chi connectivity index (χ0) is 17.0. The minimum Gasteiger partial charge on any atom is -0.340 e. The Morgan fingerprint density at radius 3 is 2.48 bits per heavy atom. The molecule has 2 rings (SSSR count). The van der Waals surface area contributed by atoms with E-state index in [1.54, 1.807) is 4.90 Å². The molecular weight excluding hydrogens is 343 g/mol. The van der Waals surface area contributed by atoms with Crippen molar-refractivity contribution in [2.24, 2.45) is 0 Å². The van der Waals surface area contributed by atoms with E-state index in [1.165, 1.54) is 10.4 Å². The van der Waals surface area contributed by atoms with Gasteiger partial charge in [-0.25, -0.2) is 12.8 Å². The van der Waals surface area contributed by atoms with Crippen LogP contribution in [0.25, 0.3) is 0 Å². The highest BCUT2D eigenvalue weighted by atomic mass is 35.5. The number of unbranched alkanes of at least 4 members (excludes halogenated alkanes) is 1. The Bertz CT molecular complexity index is 673. The van der Waals surface area contributed by atoms with E-state index >= 15 is 0 Å². The van der Waals surface area contributed by atoms with Crippen LogP contribution >= 0.6 is 11.6 Å². The Hall–Kier alpha value is -1.18. The van der Waals surface area contributed by atoms with Crippen molar-refractivity contribution in [2.75, 3.05) is 26.2 Å². The van der Waals surface area contributed by atoms with Gasteiger partial charge < -0.3 is 4.90 Å². The van der Waals surface area contributed by atoms with Crippen LogP contribution in [0.3, 0.4) is 0 Å². The molecule has 1 fully saturated rings. The fourth-order valence-corrected chi connectivity index (χ4v) is 4.14. The van der Waals surface area contributed by atoms with Crippen LogP contribution in [-0.4, -0.2) is 49.7 Å². The highest BCUT2D eigenvalue weighted by molar-refractivity contribution is 7.89. The number of piperazine rings is 1. The van der Waals surface area contributed by atoms with Crippen molar-refractivity contribution in [2.45, 2.75) is 31.1 Å². The topological polar surface area (TPSA) is 57.7 Å². The average Bonchev–Trinajstić information content (AvgIpc) is 2.55. The normalized spacial score (nSPS) is 16.6. The van der Waals surface area contributed by atoms with Gasteiger partial charge in [0.2, 0.25) is 15.9 Å². The van der Waals surface area contributed by atoms with Crippen LogP contribution in [0.5, 0.6) is 0 Å². The second-order valence-electron chi connectivity index (χ2n) is 5.46. The number of rotatable bonds is 5. The molecule has 0 N–H and O–H groups in total. The number of halogens is 2. The molecule has 0 bridgehead atoms. The van der Waals surface area contributed by atoms with Crippen molar-refractivity contribution in [3.63, 3.8) is 0 Å². The van der Waals surface area contributed by atoms with E-state index in [0.29, 0.717) is 19.5 Å². The zero-order valence-corrected chi connectivity index (χ0v) is 14.5. The SMILES string of the molecule is CCCCC(=O)N1CCN(S(=O)(=O)c2ccc(F)c(Cl)c2)CC1. The molecule has 0 aliphatic carbocycles. The summed E-state index contributed by atoms with van der Waals surface area (Å²) < 4.78 is 39.6. The zero-order valence-electron chi connectivity index (χ0n) is 13.0. The van der Waals surface area contributed by atoms with E-state index in [9.17, 15) is 17.6 Å². The number of hydrogen-bond acceptors (Lipinski definition) is 3. The summed E-state index contributed by atoms with van der Waals surface area (Å²) in [6.45, 7) is 3.23. The molecule has 1 amide bonds. The quantitative estimate of drug-likeness (QED) is 0.808. The lowest BCUT2D eigenvalue weighted by Gasteiger charge is -2.34. The standard InChI is InChI=1S/C15H20ClFN2O3S/c1-2-3-4-15(20)18-7-9-19(10-8-18)23(21,22)12-5-6-14(17)13(16)11-12/h5-6,11H,2-4,7-10H2,1H3. The molecule has 128 valence electrons. The van der Waals surface area contributed by atoms with Gasteiger partial charge in [0.15, 0.2) is 0 Å². The smallest absolute Gasteiger partial charge is 0.243 e. The minimum atomic E-state index is -3.72. The predicted molar refractivity (Wildman–Crippen MR) is 86.3 cm³/mol. The predicted octanol–water partition coefficient (Wildman–Crippen LogP) is 2.50. The van der Waals surface area contributed by atoms with Crippen molar-refractivity contribution in [1.82, 2.24) is 9.21 Å². The van der Waals surface area contributed by atoms with Gasteiger partial charge >= 0.3 is 0 Å². The molecule has 23 heavy (non-hydrogen) atoms. The van der Waals surface area contributed by atoms with Gasteiger partial charge in [0.1, 0.15) is 5.82 Å². The van der Waals surface area contributed by atoms with Crippen LogP contribution in [0.1, 0.15) is 26.2 Å². The summed E-state index contributed by atoms with van der Waals surface area (Å²) >= 11 is 5.66. The maximum Gasteiger partial charge on any atom is 0.243 e. The number of benzene rings is 1. The molecule has 1 aromatic rings. The lowest BCUT2D eigenvalue weighted by Crippen LogP contribution is -2.50. The average molecular weight is 363 g/mol. The van der Waals surface area contributed by atoms with Crippen molar-refractivity contribution in [3.05, 3.63) is 29.0 Å². The Morgan fingerprint density at radius 2 is 1.91 bits per heavy atom. The van der Waals surface area contributed by atoms with Gasteiger partial charge in [-0.3, -0.25) is 4.79 Å². The lowest BCUT2D eigenvalue weighted by atomic mass is 10.2. The number of carbonyl (C=O) groups excluding carboxylic acids is 1. The first-order valence-corrected chi connectivity index (χ1v) is 9.41. The summed E-state index contributed by atoms with van der Waals surface area (Å²) in [4.78, 5) is 13.6. The maximum absolute atomic E-state index is 13.2. The van der Waals surface area contributed by atoms with Crippen molar-refractivity contribution in [3.8, 4) is 0 Å². The molecule has 0 radical (unpaired) electrons. The van der Waals surface area contributed by atoms with E-state index in [-0.39, 0.29) is 28.9 Å². The molecule has 1 aliphatic heterocycles. The van der Waals surface area contributed by atoms with E-state index < -0.39 is 15.8 Å². The van der Waals surface area contributed by atoms with Crippen LogP contribution < -0.4 is 0 Å². The fourth-order valence-electron chi connectivity index (χ4n) is 2.45. The highest BCUT2D eigenvalue weighted by Crippen LogP contribution is 2.23. The van der Waals surface area contributed by atoms with E-state index in [2.05, 4.69) is 0 Å². The third-order valence-corrected chi connectivity index (χ3v) is 6.05. The molecule has 1 heterocycles. The Morgan fingerprint density at radius 1 is 1.26 bits per heavy atom. The molecule has 1 aromatic carbocycles. The van der Waals surface area contributed by atoms with Gasteiger partial charge in [-0.05, 0) is 24.6 Å². The van der Waals surface area contributed by atoms with Crippen molar-refractivity contribution in [1.29, 1.82) is 0 Å². The molecule has 5 nitrogen and oxygen atoms in total. The molecule has 1 aliphatic rings. The van der Waals surface area contributed by atoms with Crippen LogP contribution in [-0.2, 0) is 14.8 Å². The first-order valence-electron chi connectivity index (χ1n) is 7.59. The second-order valence-corrected chi connectivity index (χ2v) is 7.81. The first-order chi connectivity index (χ1) is 10.9. The number of nitrogens with zero attached hydrogens (tertiary/aromatic N) is 2. The number of hydrogen-bond donors (Lipinski definition) is 0. The summed E-state index contributed by atoms with van der Waals surface area (Å²) in [6, 6.07) is 3.36. The number of sulfonamides is 1. The largest absolute Gasteiger partial charge is 0.340 e. The third kappa shape index (κ3) is 4.22. The second kappa shape index (κ2) is 7.59. The van der Waals surface area contributed by atoms with Crippen molar-refractivity contribution >= 4 is 27.5 Å². The summed E-state index contributed by atoms with van der Waals surface area (Å²) in [5.74, 6) is -0.592. The Balaban J connectivity index is 2.03. The molecule has 0 unspecified atom stereocenters. The van der Waals surface area contributed by atoms with Gasteiger partial charge in [0.05, 0.1) is 9.92 Å². The van der Waals surface area contributed by atoms with Crippen LogP contribution in [0, 0.1) is 5.82 Å². The molecule has 0 aromatic heterocycles. The van der Waals surface area contributed by atoms with Crippen LogP contribution in [0.4, 0.5) is 4.39 Å². The van der Waals surface area contributed by atoms with Gasteiger partial charge in [-0.2, -0.15) is 4.31 Å². The number of amides is 1. The minimum absolute atomic E-state index is 0.0327. The Kier molecular flexibility index (Phi) is 6.00. The molecule has 0 spiro atoms. The molecule has 0 saturated carbocycles. The van der Waals surface area contributed by atoms with Crippen LogP contribution in [0.2, 0.25) is 5.02 Å². The molecule has 8 heteroatoms. The Labute approximate surface area is 141 Å². The maximum atomic E-state index is 13.2. The summed E-state index contributed by atoms with van der Waals surface area (Å²) in [6.07, 6.45) is 2.29. The first kappa shape index (κ1) is 18.2. The summed E-state index contributed by atoms with van der Waals surface area (Å²) in [5, 5.41) is -0.223. The number of carbonyl (C=O) groups is 1. The highest BCUT2D eigenvalue weighted by Gasteiger charge is 2.30. The van der Waals surface area contributed by atoms with Crippen LogP contribution in [0.15, 0.2) is 23.1 Å². The molecule has 0 atom stereocenters. The third-order valence-electron chi connectivity index (χ3n) is 3.86. The summed E-state index contributed by atoms with van der Waals surface area (Å²) in [7, 11) is -3.72. The fraction of sp³-hybridized carbons (Fsp3) is 0.533. The van der Waals surface area contributed by atoms with E-state index in [0.717, 1.165) is 25.0 Å². The monoisotopic (exact) mass is 362 g/mol. The van der Waals surface area contributed by atoms with Gasteiger partial charge in [-0.1, -0.05) is 24.9 Å². The van der Waals surface area contributed by atoms with Gasteiger partial charge in [0, 0.05) is 32.6 Å². The molecular formula is C15H20ClFN2O3S. The summed E-state index contributed by atoms with van der Waals surface area (Å²) in [5.41, 5.74) is 0. The lowest BCUT2D eigenvalue weighted by molar-refractivity contribution is -0.132. The molecule has 1 saturated heterocycles. The van der Waals surface area contributed by atoms with Gasteiger partial charge in [-0.15, -0.1) is 0 Å². The van der Waals surface area contributed by atoms with E-state index in [1.807, 2.05) is 6.92 Å². The van der Waals surface area contributed by atoms with Gasteiger partial charge in [0.25, 0.3) is 0 Å². The van der Waals surface area contributed by atoms with E-state index in [4.69, 9.17) is 11.6 Å².